The molecule has 0 saturated carbocycles. The number of rotatable bonds is 7. The Morgan fingerprint density at radius 1 is 1.16 bits per heavy atom. The third kappa shape index (κ3) is 3.56. The smallest absolute Gasteiger partial charge is 0.168 e. The number of hydrogen-bond acceptors (Lipinski definition) is 6. The topological polar surface area (TPSA) is 74.1 Å². The van der Waals surface area contributed by atoms with E-state index in [0.717, 1.165) is 34.7 Å². The maximum Gasteiger partial charge on any atom is 0.168 e. The quantitative estimate of drug-likeness (QED) is 0.711. The number of aromatic nitrogens is 4. The van der Waals surface area contributed by atoms with E-state index in [9.17, 15) is 0 Å². The Hall–Kier alpha value is -2.67. The summed E-state index contributed by atoms with van der Waals surface area (Å²) in [5.41, 5.74) is 1.66. The maximum absolute atomic E-state index is 5.22. The van der Waals surface area contributed by atoms with Gasteiger partial charge in [-0.05, 0) is 37.6 Å². The predicted octanol–water partition coefficient (Wildman–Crippen LogP) is 3.18. The summed E-state index contributed by atoms with van der Waals surface area (Å²) in [6.45, 7) is 4.60. The lowest BCUT2D eigenvalue weighted by Gasteiger charge is -2.14. The largest absolute Gasteiger partial charge is 0.497 e. The standard InChI is InChI=1S/C18H23N5O2/c1-5-12(2)20-17-15-10-19-23(13-6-8-14(25-4)9-7-13)18(15)22-16(21-17)11-24-3/h6-10,12H,5,11H2,1-4H3,(H,20,21,22)/t12-/m1/s1. The first-order chi connectivity index (χ1) is 12.2. The number of nitrogens with zero attached hydrogens (tertiary/aromatic N) is 4. The fraction of sp³-hybridized carbons (Fsp3) is 0.389. The van der Waals surface area contributed by atoms with Crippen LogP contribution in [-0.4, -0.2) is 40.0 Å². The number of anilines is 1. The lowest BCUT2D eigenvalue weighted by molar-refractivity contribution is 0.178. The fourth-order valence-corrected chi connectivity index (χ4v) is 2.50. The number of fused-ring (bicyclic) bond motifs is 1. The molecule has 0 unspecified atom stereocenters. The van der Waals surface area contributed by atoms with Gasteiger partial charge >= 0.3 is 0 Å². The van der Waals surface area contributed by atoms with Crippen LogP contribution in [0, 0.1) is 0 Å². The number of benzene rings is 1. The second-order valence-corrected chi connectivity index (χ2v) is 5.87. The summed E-state index contributed by atoms with van der Waals surface area (Å²) in [5.74, 6) is 2.20. The van der Waals surface area contributed by atoms with Gasteiger partial charge in [-0.2, -0.15) is 5.10 Å². The van der Waals surface area contributed by atoms with Crippen molar-refractivity contribution in [3.05, 3.63) is 36.3 Å². The molecule has 0 saturated heterocycles. The van der Waals surface area contributed by atoms with Gasteiger partial charge in [0.05, 0.1) is 24.4 Å². The van der Waals surface area contributed by atoms with Gasteiger partial charge in [0.1, 0.15) is 18.2 Å². The van der Waals surface area contributed by atoms with E-state index in [0.29, 0.717) is 18.5 Å². The molecule has 2 heterocycles. The summed E-state index contributed by atoms with van der Waals surface area (Å²) in [6.07, 6.45) is 2.79. The SMILES string of the molecule is CC[C@@H](C)Nc1nc(COC)nc2c1cnn2-c1ccc(OC)cc1. The van der Waals surface area contributed by atoms with Crippen molar-refractivity contribution >= 4 is 16.9 Å². The van der Waals surface area contributed by atoms with Gasteiger partial charge in [-0.15, -0.1) is 0 Å². The molecule has 1 N–H and O–H groups in total. The van der Waals surface area contributed by atoms with Crippen LogP contribution in [0.4, 0.5) is 5.82 Å². The monoisotopic (exact) mass is 341 g/mol. The average molecular weight is 341 g/mol. The Balaban J connectivity index is 2.10. The second kappa shape index (κ2) is 7.48. The Kier molecular flexibility index (Phi) is 5.14. The lowest BCUT2D eigenvalue weighted by atomic mass is 10.2. The van der Waals surface area contributed by atoms with Gasteiger partial charge in [-0.1, -0.05) is 6.92 Å². The van der Waals surface area contributed by atoms with Gasteiger partial charge in [0.2, 0.25) is 0 Å². The van der Waals surface area contributed by atoms with Gasteiger partial charge in [0.25, 0.3) is 0 Å². The molecule has 1 aromatic carbocycles. The molecular weight excluding hydrogens is 318 g/mol. The Bertz CT molecular complexity index is 845. The van der Waals surface area contributed by atoms with Crippen molar-refractivity contribution in [2.45, 2.75) is 32.9 Å². The van der Waals surface area contributed by atoms with Crippen molar-refractivity contribution in [3.63, 3.8) is 0 Å². The van der Waals surface area contributed by atoms with Gasteiger partial charge in [-0.25, -0.2) is 14.6 Å². The second-order valence-electron chi connectivity index (χ2n) is 5.87. The first-order valence-corrected chi connectivity index (χ1v) is 8.30. The van der Waals surface area contributed by atoms with Crippen LogP contribution >= 0.6 is 0 Å². The van der Waals surface area contributed by atoms with E-state index in [-0.39, 0.29) is 0 Å². The highest BCUT2D eigenvalue weighted by molar-refractivity contribution is 5.87. The van der Waals surface area contributed by atoms with Gasteiger partial charge < -0.3 is 14.8 Å². The number of nitrogens with one attached hydrogen (secondary N) is 1. The zero-order valence-corrected chi connectivity index (χ0v) is 15.0. The first kappa shape index (κ1) is 17.2. The van der Waals surface area contributed by atoms with Crippen LogP contribution in [-0.2, 0) is 11.3 Å². The summed E-state index contributed by atoms with van der Waals surface area (Å²) in [7, 11) is 3.28. The molecule has 0 radical (unpaired) electrons. The molecule has 0 amide bonds. The molecule has 25 heavy (non-hydrogen) atoms. The molecule has 7 heteroatoms. The molecule has 3 aromatic rings. The van der Waals surface area contributed by atoms with Crippen LogP contribution in [0.5, 0.6) is 5.75 Å². The molecule has 0 spiro atoms. The Morgan fingerprint density at radius 2 is 1.92 bits per heavy atom. The normalized spacial score (nSPS) is 12.3. The van der Waals surface area contributed by atoms with Crippen molar-refractivity contribution in [1.82, 2.24) is 19.7 Å². The highest BCUT2D eigenvalue weighted by atomic mass is 16.5. The van der Waals surface area contributed by atoms with Crippen LogP contribution in [0.2, 0.25) is 0 Å². The summed E-state index contributed by atoms with van der Waals surface area (Å²) in [6, 6.07) is 8.01. The van der Waals surface area contributed by atoms with Crippen molar-refractivity contribution in [2.24, 2.45) is 0 Å². The molecule has 132 valence electrons. The Labute approximate surface area is 147 Å². The Morgan fingerprint density at radius 3 is 2.56 bits per heavy atom. The van der Waals surface area contributed by atoms with E-state index in [4.69, 9.17) is 9.47 Å². The number of ether oxygens (including phenoxy) is 2. The molecule has 2 aromatic heterocycles. The van der Waals surface area contributed by atoms with E-state index >= 15 is 0 Å². The minimum absolute atomic E-state index is 0.304. The van der Waals surface area contributed by atoms with Crippen LogP contribution in [0.3, 0.4) is 0 Å². The van der Waals surface area contributed by atoms with E-state index in [1.54, 1.807) is 25.1 Å². The molecule has 0 fully saturated rings. The van der Waals surface area contributed by atoms with Crippen molar-refractivity contribution in [1.29, 1.82) is 0 Å². The highest BCUT2D eigenvalue weighted by Crippen LogP contribution is 2.24. The first-order valence-electron chi connectivity index (χ1n) is 8.30. The predicted molar refractivity (Wildman–Crippen MR) is 97.3 cm³/mol. The third-order valence-corrected chi connectivity index (χ3v) is 4.06. The van der Waals surface area contributed by atoms with Crippen molar-refractivity contribution < 1.29 is 9.47 Å². The fourth-order valence-electron chi connectivity index (χ4n) is 2.50. The van der Waals surface area contributed by atoms with E-state index in [1.807, 2.05) is 24.3 Å². The van der Waals surface area contributed by atoms with Crippen molar-refractivity contribution in [3.8, 4) is 11.4 Å². The summed E-state index contributed by atoms with van der Waals surface area (Å²) in [4.78, 5) is 9.22. The van der Waals surface area contributed by atoms with Crippen LogP contribution in [0.1, 0.15) is 26.1 Å². The molecular formula is C18H23N5O2. The van der Waals surface area contributed by atoms with E-state index in [1.165, 1.54) is 0 Å². The van der Waals surface area contributed by atoms with Crippen LogP contribution in [0.15, 0.2) is 30.5 Å². The van der Waals surface area contributed by atoms with E-state index < -0.39 is 0 Å². The molecule has 0 bridgehead atoms. The third-order valence-electron chi connectivity index (χ3n) is 4.06. The summed E-state index contributed by atoms with van der Waals surface area (Å²) < 4.78 is 12.2. The maximum atomic E-state index is 5.22. The summed E-state index contributed by atoms with van der Waals surface area (Å²) in [5, 5.41) is 8.83. The molecule has 1 atom stereocenters. The zero-order valence-electron chi connectivity index (χ0n) is 15.0. The number of hydrogen-bond donors (Lipinski definition) is 1. The molecule has 7 nitrogen and oxygen atoms in total. The summed E-state index contributed by atoms with van der Waals surface area (Å²) >= 11 is 0. The molecule has 3 rings (SSSR count). The van der Waals surface area contributed by atoms with E-state index in [2.05, 4.69) is 34.2 Å². The number of methoxy groups -OCH3 is 2. The lowest BCUT2D eigenvalue weighted by Crippen LogP contribution is -2.16. The zero-order chi connectivity index (χ0) is 17.8. The van der Waals surface area contributed by atoms with Gasteiger partial charge in [0.15, 0.2) is 11.5 Å². The minimum Gasteiger partial charge on any atom is -0.497 e. The van der Waals surface area contributed by atoms with Crippen LogP contribution in [0.25, 0.3) is 16.7 Å². The molecule has 0 aliphatic heterocycles. The minimum atomic E-state index is 0.304. The molecule has 0 aliphatic rings. The highest BCUT2D eigenvalue weighted by Gasteiger charge is 2.15. The van der Waals surface area contributed by atoms with Crippen LogP contribution < -0.4 is 10.1 Å². The van der Waals surface area contributed by atoms with Gasteiger partial charge in [-0.3, -0.25) is 0 Å². The average Bonchev–Trinajstić information content (AvgIpc) is 3.06. The molecule has 0 aliphatic carbocycles. The van der Waals surface area contributed by atoms with Crippen molar-refractivity contribution in [2.75, 3.05) is 19.5 Å². The van der Waals surface area contributed by atoms with Gasteiger partial charge in [0, 0.05) is 13.2 Å².